The van der Waals surface area contributed by atoms with E-state index in [0.29, 0.717) is 17.4 Å². The van der Waals surface area contributed by atoms with Gasteiger partial charge in [0.05, 0.1) is 6.20 Å². The van der Waals surface area contributed by atoms with Gasteiger partial charge in [0.25, 0.3) is 0 Å². The Hall–Kier alpha value is -1.66. The standard InChI is InChI=1S/C20H26N4OS/c25-19(15-1-2-16-11-22-23-17(16)9-15)24(12-14-3-8-26-13-14)18-10-20(18)4-6-21-7-5-20/h3,8,11,13,15,18,21H,1-2,4-7,9-10,12H2,(H,22,23)/t15-,18+/m0/s1. The van der Waals surface area contributed by atoms with Crippen molar-refractivity contribution in [1.82, 2.24) is 20.4 Å². The van der Waals surface area contributed by atoms with E-state index in [1.165, 1.54) is 30.4 Å². The molecule has 2 aromatic heterocycles. The van der Waals surface area contributed by atoms with Crippen LogP contribution in [-0.2, 0) is 24.2 Å². The van der Waals surface area contributed by atoms with E-state index in [4.69, 9.17) is 0 Å². The van der Waals surface area contributed by atoms with Crippen LogP contribution in [0.25, 0.3) is 0 Å². The molecule has 1 spiro atoms. The van der Waals surface area contributed by atoms with Crippen molar-refractivity contribution in [2.24, 2.45) is 11.3 Å². The number of rotatable bonds is 4. The minimum Gasteiger partial charge on any atom is -0.335 e. The van der Waals surface area contributed by atoms with Crippen LogP contribution in [0.5, 0.6) is 0 Å². The average Bonchev–Trinajstić information content (AvgIpc) is 3.08. The van der Waals surface area contributed by atoms with Gasteiger partial charge in [-0.05, 0) is 78.6 Å². The van der Waals surface area contributed by atoms with Crippen LogP contribution in [0.4, 0.5) is 0 Å². The molecule has 2 atom stereocenters. The number of thiophene rings is 1. The van der Waals surface area contributed by atoms with Crippen molar-refractivity contribution in [3.8, 4) is 0 Å². The Morgan fingerprint density at radius 3 is 3.08 bits per heavy atom. The number of hydrogen-bond donors (Lipinski definition) is 2. The van der Waals surface area contributed by atoms with E-state index in [0.717, 1.165) is 44.6 Å². The molecule has 5 nitrogen and oxygen atoms in total. The van der Waals surface area contributed by atoms with Crippen LogP contribution in [0, 0.1) is 11.3 Å². The van der Waals surface area contributed by atoms with Crippen molar-refractivity contribution in [2.75, 3.05) is 13.1 Å². The van der Waals surface area contributed by atoms with Crippen LogP contribution in [-0.4, -0.2) is 40.1 Å². The second-order valence-corrected chi connectivity index (χ2v) is 9.02. The number of hydrogen-bond acceptors (Lipinski definition) is 4. The topological polar surface area (TPSA) is 61.0 Å². The Morgan fingerprint density at radius 2 is 2.27 bits per heavy atom. The number of nitrogens with zero attached hydrogens (tertiary/aromatic N) is 2. The summed E-state index contributed by atoms with van der Waals surface area (Å²) < 4.78 is 0. The lowest BCUT2D eigenvalue weighted by molar-refractivity contribution is -0.138. The zero-order chi connectivity index (χ0) is 17.6. The molecule has 2 aliphatic carbocycles. The minimum absolute atomic E-state index is 0.0981. The summed E-state index contributed by atoms with van der Waals surface area (Å²) in [4.78, 5) is 15.8. The van der Waals surface area contributed by atoms with E-state index < -0.39 is 0 Å². The van der Waals surface area contributed by atoms with Crippen molar-refractivity contribution < 1.29 is 4.79 Å². The molecule has 1 amide bonds. The number of amides is 1. The van der Waals surface area contributed by atoms with Crippen LogP contribution in [0.3, 0.4) is 0 Å². The number of aryl methyl sites for hydroxylation is 1. The highest BCUT2D eigenvalue weighted by molar-refractivity contribution is 7.07. The van der Waals surface area contributed by atoms with Crippen molar-refractivity contribution in [2.45, 2.75) is 51.1 Å². The third kappa shape index (κ3) is 2.89. The largest absolute Gasteiger partial charge is 0.335 e. The first-order chi connectivity index (χ1) is 12.8. The first kappa shape index (κ1) is 16.5. The first-order valence-electron chi connectivity index (χ1n) is 9.79. The molecule has 3 heterocycles. The third-order valence-electron chi connectivity index (χ3n) is 6.71. The highest BCUT2D eigenvalue weighted by Crippen LogP contribution is 2.56. The number of fused-ring (bicyclic) bond motifs is 1. The van der Waals surface area contributed by atoms with E-state index in [2.05, 4.69) is 37.2 Å². The molecule has 5 rings (SSSR count). The SMILES string of the molecule is O=C([C@H]1CCc2cn[nH]c2C1)N(Cc1ccsc1)[C@@H]1CC12CCNCC2. The maximum Gasteiger partial charge on any atom is 0.226 e. The zero-order valence-corrected chi connectivity index (χ0v) is 15.9. The lowest BCUT2D eigenvalue weighted by Gasteiger charge is -2.33. The molecule has 1 aliphatic heterocycles. The van der Waals surface area contributed by atoms with Gasteiger partial charge < -0.3 is 10.2 Å². The van der Waals surface area contributed by atoms with Crippen molar-refractivity contribution in [1.29, 1.82) is 0 Å². The molecule has 26 heavy (non-hydrogen) atoms. The Kier molecular flexibility index (Phi) is 4.13. The van der Waals surface area contributed by atoms with Crippen molar-refractivity contribution in [3.05, 3.63) is 39.8 Å². The fraction of sp³-hybridized carbons (Fsp3) is 0.600. The van der Waals surface area contributed by atoms with Gasteiger partial charge in [0.15, 0.2) is 0 Å². The number of carbonyl (C=O) groups is 1. The van der Waals surface area contributed by atoms with Crippen LogP contribution in [0.2, 0.25) is 0 Å². The van der Waals surface area contributed by atoms with E-state index in [-0.39, 0.29) is 5.92 Å². The van der Waals surface area contributed by atoms with Crippen LogP contribution < -0.4 is 5.32 Å². The molecule has 0 aromatic carbocycles. The monoisotopic (exact) mass is 370 g/mol. The second kappa shape index (κ2) is 6.50. The highest BCUT2D eigenvalue weighted by Gasteiger charge is 2.58. The van der Waals surface area contributed by atoms with E-state index in [1.807, 2.05) is 6.20 Å². The van der Waals surface area contributed by atoms with Gasteiger partial charge in [-0.25, -0.2) is 0 Å². The lowest BCUT2D eigenvalue weighted by atomic mass is 9.86. The summed E-state index contributed by atoms with van der Waals surface area (Å²) in [5.41, 5.74) is 4.11. The Morgan fingerprint density at radius 1 is 1.38 bits per heavy atom. The first-order valence-corrected chi connectivity index (χ1v) is 10.7. The van der Waals surface area contributed by atoms with Crippen molar-refractivity contribution >= 4 is 17.2 Å². The Labute approximate surface area is 158 Å². The molecule has 6 heteroatoms. The number of aromatic nitrogens is 2. The maximum absolute atomic E-state index is 13.5. The van der Waals surface area contributed by atoms with Gasteiger partial charge in [0.1, 0.15) is 0 Å². The molecule has 0 bridgehead atoms. The molecule has 138 valence electrons. The minimum atomic E-state index is 0.0981. The average molecular weight is 371 g/mol. The summed E-state index contributed by atoms with van der Waals surface area (Å²) in [5.74, 6) is 0.456. The molecule has 1 saturated carbocycles. The number of H-pyrrole nitrogens is 1. The smallest absolute Gasteiger partial charge is 0.226 e. The van der Waals surface area contributed by atoms with Gasteiger partial charge in [-0.15, -0.1) is 0 Å². The predicted molar refractivity (Wildman–Crippen MR) is 102 cm³/mol. The second-order valence-electron chi connectivity index (χ2n) is 8.24. The Bertz CT molecular complexity index is 778. The quantitative estimate of drug-likeness (QED) is 0.870. The summed E-state index contributed by atoms with van der Waals surface area (Å²) >= 11 is 1.72. The molecule has 1 saturated heterocycles. The Balaban J connectivity index is 1.36. The number of aromatic amines is 1. The zero-order valence-electron chi connectivity index (χ0n) is 15.0. The van der Waals surface area contributed by atoms with E-state index >= 15 is 0 Å². The maximum atomic E-state index is 13.5. The van der Waals surface area contributed by atoms with Crippen LogP contribution >= 0.6 is 11.3 Å². The predicted octanol–water partition coefficient (Wildman–Crippen LogP) is 2.75. The summed E-state index contributed by atoms with van der Waals surface area (Å²) in [6.45, 7) is 2.96. The number of nitrogens with one attached hydrogen (secondary N) is 2. The molecule has 0 radical (unpaired) electrons. The number of carbonyl (C=O) groups excluding carboxylic acids is 1. The van der Waals surface area contributed by atoms with Gasteiger partial charge in [-0.1, -0.05) is 0 Å². The summed E-state index contributed by atoms with van der Waals surface area (Å²) in [6.07, 6.45) is 8.26. The molecule has 2 N–H and O–H groups in total. The molecule has 0 unspecified atom stereocenters. The van der Waals surface area contributed by atoms with Gasteiger partial charge in [-0.2, -0.15) is 16.4 Å². The fourth-order valence-corrected chi connectivity index (χ4v) is 5.66. The summed E-state index contributed by atoms with van der Waals surface area (Å²) in [6, 6.07) is 2.59. The third-order valence-corrected chi connectivity index (χ3v) is 7.44. The summed E-state index contributed by atoms with van der Waals surface area (Å²) in [5, 5.41) is 15.0. The lowest BCUT2D eigenvalue weighted by Crippen LogP contribution is -2.43. The molecule has 2 aromatic rings. The molecule has 3 aliphatic rings. The molecule has 2 fully saturated rings. The van der Waals surface area contributed by atoms with E-state index in [9.17, 15) is 4.79 Å². The molecular formula is C20H26N4OS. The normalized spacial score (nSPS) is 26.5. The molecular weight excluding hydrogens is 344 g/mol. The van der Waals surface area contributed by atoms with Crippen LogP contribution in [0.15, 0.2) is 23.0 Å². The van der Waals surface area contributed by atoms with Gasteiger partial charge in [0.2, 0.25) is 5.91 Å². The summed E-state index contributed by atoms with van der Waals surface area (Å²) in [7, 11) is 0. The van der Waals surface area contributed by atoms with Crippen LogP contribution in [0.1, 0.15) is 42.5 Å². The van der Waals surface area contributed by atoms with Crippen molar-refractivity contribution in [3.63, 3.8) is 0 Å². The fourth-order valence-electron chi connectivity index (χ4n) is 5.00. The van der Waals surface area contributed by atoms with Gasteiger partial charge >= 0.3 is 0 Å². The highest BCUT2D eigenvalue weighted by atomic mass is 32.1. The number of piperidine rings is 1. The van der Waals surface area contributed by atoms with Gasteiger partial charge in [-0.3, -0.25) is 9.89 Å². The van der Waals surface area contributed by atoms with E-state index in [1.54, 1.807) is 11.3 Å². The van der Waals surface area contributed by atoms with Gasteiger partial charge in [0, 0.05) is 30.6 Å².